The molecule has 0 radical (unpaired) electrons. The number of alkyl halides is 1. The molecule has 4 heteroatoms. The lowest BCUT2D eigenvalue weighted by molar-refractivity contribution is -0.0340. The maximum absolute atomic E-state index is 13.0. The highest BCUT2D eigenvalue weighted by Gasteiger charge is 2.25. The van der Waals surface area contributed by atoms with Gasteiger partial charge in [0.1, 0.15) is 12.3 Å². The van der Waals surface area contributed by atoms with E-state index in [1.807, 2.05) is 24.3 Å². The van der Waals surface area contributed by atoms with Crippen LogP contribution in [0.4, 0.5) is 4.39 Å². The summed E-state index contributed by atoms with van der Waals surface area (Å²) in [4.78, 5) is 0. The Bertz CT molecular complexity index is 347. The van der Waals surface area contributed by atoms with Crippen molar-refractivity contribution in [3.63, 3.8) is 0 Å². The molecule has 1 N–H and O–H groups in total. The minimum Gasteiger partial charge on any atom is -0.372 e. The zero-order chi connectivity index (χ0) is 12.3. The molecule has 2 nitrogen and oxygen atoms in total. The second kappa shape index (κ2) is 5.80. The Kier molecular flexibility index (Phi) is 4.37. The standard InChI is InChI=1S/C13H17ClFNO/c1-9(15)13-7-16-12(8-17-13)6-10-2-4-11(14)5-3-10/h2-5,9,12-13,16H,6-8H2,1H3/t9-,12?,13+/m0/s1. The molecule has 94 valence electrons. The van der Waals surface area contributed by atoms with E-state index in [9.17, 15) is 4.39 Å². The van der Waals surface area contributed by atoms with Gasteiger partial charge in [0, 0.05) is 17.6 Å². The molecule has 1 aromatic carbocycles. The predicted molar refractivity (Wildman–Crippen MR) is 67.3 cm³/mol. The van der Waals surface area contributed by atoms with Crippen LogP contribution < -0.4 is 5.32 Å². The molecule has 0 bridgehead atoms. The van der Waals surface area contributed by atoms with Crippen LogP contribution in [0, 0.1) is 0 Å². The van der Waals surface area contributed by atoms with Gasteiger partial charge in [-0.25, -0.2) is 4.39 Å². The lowest BCUT2D eigenvalue weighted by Crippen LogP contribution is -2.50. The number of hydrogen-bond acceptors (Lipinski definition) is 2. The summed E-state index contributed by atoms with van der Waals surface area (Å²) in [5.74, 6) is 0. The third-order valence-electron chi connectivity index (χ3n) is 3.03. The van der Waals surface area contributed by atoms with E-state index in [2.05, 4.69) is 5.32 Å². The lowest BCUT2D eigenvalue weighted by atomic mass is 10.0. The smallest absolute Gasteiger partial charge is 0.125 e. The largest absolute Gasteiger partial charge is 0.372 e. The van der Waals surface area contributed by atoms with Crippen LogP contribution in [0.25, 0.3) is 0 Å². The Hall–Kier alpha value is -0.640. The fourth-order valence-electron chi connectivity index (χ4n) is 1.97. The maximum Gasteiger partial charge on any atom is 0.125 e. The van der Waals surface area contributed by atoms with Crippen molar-refractivity contribution in [2.24, 2.45) is 0 Å². The van der Waals surface area contributed by atoms with Gasteiger partial charge in [-0.3, -0.25) is 0 Å². The quantitative estimate of drug-likeness (QED) is 0.899. The molecule has 0 saturated carbocycles. The molecule has 0 spiro atoms. The fraction of sp³-hybridized carbons (Fsp3) is 0.538. The Morgan fingerprint density at radius 3 is 2.71 bits per heavy atom. The van der Waals surface area contributed by atoms with Crippen LogP contribution in [-0.2, 0) is 11.2 Å². The van der Waals surface area contributed by atoms with Crippen molar-refractivity contribution in [3.8, 4) is 0 Å². The maximum atomic E-state index is 13.0. The third-order valence-corrected chi connectivity index (χ3v) is 3.28. The first-order valence-corrected chi connectivity index (χ1v) is 6.26. The summed E-state index contributed by atoms with van der Waals surface area (Å²) in [6.07, 6.45) is -0.347. The van der Waals surface area contributed by atoms with Gasteiger partial charge < -0.3 is 10.1 Å². The van der Waals surface area contributed by atoms with Gasteiger partial charge in [-0.05, 0) is 31.0 Å². The van der Waals surface area contributed by atoms with E-state index >= 15 is 0 Å². The van der Waals surface area contributed by atoms with Gasteiger partial charge in [-0.15, -0.1) is 0 Å². The van der Waals surface area contributed by atoms with Gasteiger partial charge in [-0.2, -0.15) is 0 Å². The molecular formula is C13H17ClFNO. The Morgan fingerprint density at radius 2 is 2.18 bits per heavy atom. The summed E-state index contributed by atoms with van der Waals surface area (Å²) in [6, 6.07) is 8.04. The van der Waals surface area contributed by atoms with Gasteiger partial charge in [-0.1, -0.05) is 23.7 Å². The van der Waals surface area contributed by atoms with E-state index in [-0.39, 0.29) is 12.1 Å². The number of morpholine rings is 1. The first-order valence-electron chi connectivity index (χ1n) is 5.88. The number of hydrogen-bond donors (Lipinski definition) is 1. The van der Waals surface area contributed by atoms with Crippen molar-refractivity contribution in [3.05, 3.63) is 34.9 Å². The van der Waals surface area contributed by atoms with E-state index in [4.69, 9.17) is 16.3 Å². The molecule has 1 fully saturated rings. The monoisotopic (exact) mass is 257 g/mol. The summed E-state index contributed by atoms with van der Waals surface area (Å²) >= 11 is 5.83. The second-order valence-corrected chi connectivity index (χ2v) is 4.92. The first kappa shape index (κ1) is 12.8. The van der Waals surface area contributed by atoms with Gasteiger partial charge in [0.25, 0.3) is 0 Å². The normalized spacial score (nSPS) is 26.8. The summed E-state index contributed by atoms with van der Waals surface area (Å²) in [6.45, 7) is 2.67. The number of rotatable bonds is 3. The van der Waals surface area contributed by atoms with E-state index in [0.717, 1.165) is 11.4 Å². The molecule has 1 unspecified atom stereocenters. The number of ether oxygens (including phenoxy) is 1. The average Bonchev–Trinajstić information content (AvgIpc) is 2.33. The van der Waals surface area contributed by atoms with Gasteiger partial charge in [0.2, 0.25) is 0 Å². The van der Waals surface area contributed by atoms with Gasteiger partial charge in [0.15, 0.2) is 0 Å². The van der Waals surface area contributed by atoms with E-state index in [1.165, 1.54) is 12.5 Å². The molecule has 2 rings (SSSR count). The molecule has 17 heavy (non-hydrogen) atoms. The topological polar surface area (TPSA) is 21.3 Å². The summed E-state index contributed by atoms with van der Waals surface area (Å²) < 4.78 is 18.5. The van der Waals surface area contributed by atoms with Crippen LogP contribution >= 0.6 is 11.6 Å². The van der Waals surface area contributed by atoms with Crippen molar-refractivity contribution >= 4 is 11.6 Å². The van der Waals surface area contributed by atoms with Crippen LogP contribution in [0.3, 0.4) is 0 Å². The van der Waals surface area contributed by atoms with Crippen molar-refractivity contribution in [2.75, 3.05) is 13.2 Å². The Balaban J connectivity index is 1.84. The molecule has 1 aromatic rings. The predicted octanol–water partition coefficient (Wildman–Crippen LogP) is 2.60. The SMILES string of the molecule is C[C@H](F)[C@H]1CNC(Cc2ccc(Cl)cc2)CO1. The second-order valence-electron chi connectivity index (χ2n) is 4.49. The number of halogens is 2. The molecule has 3 atom stereocenters. The van der Waals surface area contributed by atoms with Crippen molar-refractivity contribution < 1.29 is 9.13 Å². The first-order chi connectivity index (χ1) is 8.15. The van der Waals surface area contributed by atoms with Crippen molar-refractivity contribution in [1.29, 1.82) is 0 Å². The molecule has 1 aliphatic rings. The average molecular weight is 258 g/mol. The fourth-order valence-corrected chi connectivity index (χ4v) is 2.10. The third kappa shape index (κ3) is 3.66. The molecule has 0 aromatic heterocycles. The molecule has 0 amide bonds. The highest BCUT2D eigenvalue weighted by molar-refractivity contribution is 6.30. The van der Waals surface area contributed by atoms with Crippen molar-refractivity contribution in [1.82, 2.24) is 5.32 Å². The number of nitrogens with one attached hydrogen (secondary N) is 1. The minimum absolute atomic E-state index is 0.256. The van der Waals surface area contributed by atoms with Crippen molar-refractivity contribution in [2.45, 2.75) is 31.7 Å². The Labute approximate surface area is 106 Å². The molecule has 1 heterocycles. The molecule has 1 saturated heterocycles. The van der Waals surface area contributed by atoms with Gasteiger partial charge >= 0.3 is 0 Å². The van der Waals surface area contributed by atoms with Gasteiger partial charge in [0.05, 0.1) is 6.61 Å². The van der Waals surface area contributed by atoms with Crippen LogP contribution in [0.2, 0.25) is 5.02 Å². The lowest BCUT2D eigenvalue weighted by Gasteiger charge is -2.31. The van der Waals surface area contributed by atoms with E-state index < -0.39 is 6.17 Å². The van der Waals surface area contributed by atoms with E-state index in [1.54, 1.807) is 0 Å². The van der Waals surface area contributed by atoms with Crippen LogP contribution in [0.1, 0.15) is 12.5 Å². The molecule has 1 aliphatic heterocycles. The molecular weight excluding hydrogens is 241 g/mol. The van der Waals surface area contributed by atoms with Crippen LogP contribution in [0.15, 0.2) is 24.3 Å². The summed E-state index contributed by atoms with van der Waals surface area (Å²) in [5, 5.41) is 4.06. The zero-order valence-corrected chi connectivity index (χ0v) is 10.6. The van der Waals surface area contributed by atoms with Crippen LogP contribution in [0.5, 0.6) is 0 Å². The highest BCUT2D eigenvalue weighted by Crippen LogP contribution is 2.14. The summed E-state index contributed by atoms with van der Waals surface area (Å²) in [7, 11) is 0. The Morgan fingerprint density at radius 1 is 1.47 bits per heavy atom. The van der Waals surface area contributed by atoms with E-state index in [0.29, 0.717) is 13.2 Å². The molecule has 0 aliphatic carbocycles. The highest BCUT2D eigenvalue weighted by atomic mass is 35.5. The van der Waals surface area contributed by atoms with Crippen LogP contribution in [-0.4, -0.2) is 31.5 Å². The minimum atomic E-state index is -0.918. The summed E-state index contributed by atoms with van der Waals surface area (Å²) in [5.41, 5.74) is 1.21. The zero-order valence-electron chi connectivity index (χ0n) is 9.83. The number of benzene rings is 1.